The van der Waals surface area contributed by atoms with Gasteiger partial charge in [0.05, 0.1) is 0 Å². The third kappa shape index (κ3) is 2.45. The zero-order valence-corrected chi connectivity index (χ0v) is 10.1. The maximum Gasteiger partial charge on any atom is 0.332 e. The van der Waals surface area contributed by atoms with E-state index in [0.29, 0.717) is 25.8 Å². The molecule has 2 N–H and O–H groups in total. The average Bonchev–Trinajstić information content (AvgIpc) is 2.91. The Kier molecular flexibility index (Phi) is 3.51. The van der Waals surface area contributed by atoms with Crippen LogP contribution in [0.4, 0.5) is 0 Å². The van der Waals surface area contributed by atoms with Crippen LogP contribution >= 0.6 is 0 Å². The third-order valence-corrected chi connectivity index (χ3v) is 3.33. The Bertz CT molecular complexity index is 384. The molecule has 3 atom stereocenters. The lowest BCUT2D eigenvalue weighted by atomic mass is 10.1. The zero-order valence-electron chi connectivity index (χ0n) is 10.1. The first-order chi connectivity index (χ1) is 8.49. The molecule has 0 aliphatic carbocycles. The van der Waals surface area contributed by atoms with Crippen LogP contribution in [0.2, 0.25) is 0 Å². The number of carbonyl (C=O) groups excluding carboxylic acids is 2. The standard InChI is InChI=1S/C11H16N2O5/c1-13-5-4-6(10(13)15)12-9(14)7-2-3-8(18-7)11(16)17/h6-8H,2-5H2,1H3,(H,12,14)(H,16,17)/t6?,7-,8+/m0/s1. The highest BCUT2D eigenvalue weighted by molar-refractivity contribution is 5.90. The number of nitrogens with zero attached hydrogens (tertiary/aromatic N) is 1. The molecule has 2 aliphatic rings. The van der Waals surface area contributed by atoms with E-state index >= 15 is 0 Å². The molecule has 7 nitrogen and oxygen atoms in total. The molecule has 0 aromatic heterocycles. The van der Waals surface area contributed by atoms with Crippen LogP contribution < -0.4 is 5.32 Å². The van der Waals surface area contributed by atoms with Gasteiger partial charge in [-0.15, -0.1) is 0 Å². The number of amides is 2. The van der Waals surface area contributed by atoms with Crippen LogP contribution in [0.5, 0.6) is 0 Å². The van der Waals surface area contributed by atoms with Gasteiger partial charge in [0.2, 0.25) is 11.8 Å². The summed E-state index contributed by atoms with van der Waals surface area (Å²) >= 11 is 0. The summed E-state index contributed by atoms with van der Waals surface area (Å²) in [4.78, 5) is 35.7. The minimum atomic E-state index is -1.05. The lowest BCUT2D eigenvalue weighted by Gasteiger charge is -2.15. The van der Waals surface area contributed by atoms with Crippen molar-refractivity contribution in [2.24, 2.45) is 0 Å². The highest BCUT2D eigenvalue weighted by Gasteiger charge is 2.37. The van der Waals surface area contributed by atoms with Gasteiger partial charge in [-0.1, -0.05) is 0 Å². The largest absolute Gasteiger partial charge is 0.479 e. The first-order valence-electron chi connectivity index (χ1n) is 5.92. The van der Waals surface area contributed by atoms with Gasteiger partial charge in [-0.2, -0.15) is 0 Å². The molecule has 7 heteroatoms. The number of nitrogens with one attached hydrogen (secondary N) is 1. The van der Waals surface area contributed by atoms with E-state index in [2.05, 4.69) is 5.32 Å². The summed E-state index contributed by atoms with van der Waals surface area (Å²) in [6, 6.07) is -0.505. The highest BCUT2D eigenvalue weighted by atomic mass is 16.5. The van der Waals surface area contributed by atoms with Gasteiger partial charge in [-0.3, -0.25) is 9.59 Å². The highest BCUT2D eigenvalue weighted by Crippen LogP contribution is 2.20. The predicted molar refractivity (Wildman–Crippen MR) is 59.7 cm³/mol. The first-order valence-corrected chi connectivity index (χ1v) is 5.92. The molecule has 2 aliphatic heterocycles. The number of likely N-dealkylation sites (tertiary alicyclic amines) is 1. The van der Waals surface area contributed by atoms with Crippen molar-refractivity contribution in [3.63, 3.8) is 0 Å². The van der Waals surface area contributed by atoms with E-state index in [9.17, 15) is 14.4 Å². The second-order valence-electron chi connectivity index (χ2n) is 4.64. The number of likely N-dealkylation sites (N-methyl/N-ethyl adjacent to an activating group) is 1. The van der Waals surface area contributed by atoms with E-state index in [0.717, 1.165) is 0 Å². The van der Waals surface area contributed by atoms with E-state index in [1.807, 2.05) is 0 Å². The number of ether oxygens (including phenoxy) is 1. The van der Waals surface area contributed by atoms with Gasteiger partial charge in [0.25, 0.3) is 0 Å². The van der Waals surface area contributed by atoms with Crippen LogP contribution in [0.1, 0.15) is 19.3 Å². The molecule has 1 unspecified atom stereocenters. The molecule has 2 rings (SSSR count). The summed E-state index contributed by atoms with van der Waals surface area (Å²) < 4.78 is 5.12. The van der Waals surface area contributed by atoms with Crippen molar-refractivity contribution in [3.8, 4) is 0 Å². The van der Waals surface area contributed by atoms with E-state index in [1.165, 1.54) is 0 Å². The maximum atomic E-state index is 11.8. The Labute approximate surface area is 104 Å². The fraction of sp³-hybridized carbons (Fsp3) is 0.727. The van der Waals surface area contributed by atoms with Crippen molar-refractivity contribution >= 4 is 17.8 Å². The average molecular weight is 256 g/mol. The van der Waals surface area contributed by atoms with Crippen molar-refractivity contribution in [1.82, 2.24) is 10.2 Å². The Morgan fingerprint density at radius 2 is 2.00 bits per heavy atom. The van der Waals surface area contributed by atoms with E-state index in [4.69, 9.17) is 9.84 Å². The molecule has 18 heavy (non-hydrogen) atoms. The number of carboxylic acids is 1. The van der Waals surface area contributed by atoms with E-state index in [-0.39, 0.29) is 5.91 Å². The predicted octanol–water partition coefficient (Wildman–Crippen LogP) is -1.03. The molecule has 100 valence electrons. The van der Waals surface area contributed by atoms with E-state index < -0.39 is 30.1 Å². The summed E-state index contributed by atoms with van der Waals surface area (Å²) in [5.74, 6) is -1.56. The Morgan fingerprint density at radius 1 is 1.33 bits per heavy atom. The molecule has 0 aromatic carbocycles. The van der Waals surface area contributed by atoms with Gasteiger partial charge in [-0.05, 0) is 19.3 Å². The van der Waals surface area contributed by atoms with Crippen molar-refractivity contribution in [1.29, 1.82) is 0 Å². The summed E-state index contributed by atoms with van der Waals surface area (Å²) in [5.41, 5.74) is 0. The summed E-state index contributed by atoms with van der Waals surface area (Å²) in [6.45, 7) is 0.618. The molecular weight excluding hydrogens is 240 g/mol. The lowest BCUT2D eigenvalue weighted by molar-refractivity contribution is -0.152. The summed E-state index contributed by atoms with van der Waals surface area (Å²) in [7, 11) is 1.68. The molecule has 0 saturated carbocycles. The number of aliphatic carboxylic acids is 1. The van der Waals surface area contributed by atoms with Crippen molar-refractivity contribution < 1.29 is 24.2 Å². The number of carbonyl (C=O) groups is 3. The lowest BCUT2D eigenvalue weighted by Crippen LogP contribution is -2.45. The van der Waals surface area contributed by atoms with Crippen molar-refractivity contribution in [2.45, 2.75) is 37.5 Å². The molecule has 2 amide bonds. The SMILES string of the molecule is CN1CCC(NC(=O)[C@@H]2CC[C@H](C(=O)O)O2)C1=O. The number of hydrogen-bond acceptors (Lipinski definition) is 4. The van der Waals surface area contributed by atoms with Crippen LogP contribution in [0.25, 0.3) is 0 Å². The van der Waals surface area contributed by atoms with Crippen LogP contribution in [-0.4, -0.2) is 59.6 Å². The normalized spacial score (nSPS) is 31.7. The van der Waals surface area contributed by atoms with Gasteiger partial charge in [0, 0.05) is 13.6 Å². The minimum Gasteiger partial charge on any atom is -0.479 e. The molecular formula is C11H16N2O5. The Morgan fingerprint density at radius 3 is 2.50 bits per heavy atom. The van der Waals surface area contributed by atoms with Crippen molar-refractivity contribution in [3.05, 3.63) is 0 Å². The van der Waals surface area contributed by atoms with Crippen LogP contribution in [0.3, 0.4) is 0 Å². The molecule has 2 heterocycles. The fourth-order valence-corrected chi connectivity index (χ4v) is 2.23. The topological polar surface area (TPSA) is 95.9 Å². The maximum absolute atomic E-state index is 11.8. The molecule has 0 radical (unpaired) electrons. The molecule has 0 bridgehead atoms. The smallest absolute Gasteiger partial charge is 0.332 e. The zero-order chi connectivity index (χ0) is 13.3. The Balaban J connectivity index is 1.86. The minimum absolute atomic E-state index is 0.115. The van der Waals surface area contributed by atoms with Gasteiger partial charge < -0.3 is 20.1 Å². The molecule has 0 spiro atoms. The molecule has 2 saturated heterocycles. The monoisotopic (exact) mass is 256 g/mol. The molecule has 0 aromatic rings. The van der Waals surface area contributed by atoms with Gasteiger partial charge >= 0.3 is 5.97 Å². The van der Waals surface area contributed by atoms with Crippen molar-refractivity contribution in [2.75, 3.05) is 13.6 Å². The van der Waals surface area contributed by atoms with Crippen LogP contribution in [-0.2, 0) is 19.1 Å². The number of carboxylic acid groups (broad SMARTS) is 1. The van der Waals surface area contributed by atoms with Gasteiger partial charge in [0.1, 0.15) is 12.1 Å². The quantitative estimate of drug-likeness (QED) is 0.673. The van der Waals surface area contributed by atoms with Crippen LogP contribution in [0.15, 0.2) is 0 Å². The number of hydrogen-bond donors (Lipinski definition) is 2. The summed E-state index contributed by atoms with van der Waals surface area (Å²) in [5, 5.41) is 11.4. The summed E-state index contributed by atoms with van der Waals surface area (Å²) in [6.07, 6.45) is -0.394. The van der Waals surface area contributed by atoms with Gasteiger partial charge in [-0.25, -0.2) is 4.79 Å². The second kappa shape index (κ2) is 4.93. The third-order valence-electron chi connectivity index (χ3n) is 3.33. The van der Waals surface area contributed by atoms with Crippen LogP contribution in [0, 0.1) is 0 Å². The molecule has 2 fully saturated rings. The fourth-order valence-electron chi connectivity index (χ4n) is 2.23. The van der Waals surface area contributed by atoms with Gasteiger partial charge in [0.15, 0.2) is 6.10 Å². The van der Waals surface area contributed by atoms with E-state index in [1.54, 1.807) is 11.9 Å². The second-order valence-corrected chi connectivity index (χ2v) is 4.64. The Hall–Kier alpha value is -1.63. The number of rotatable bonds is 3. The first kappa shape index (κ1) is 12.8.